The van der Waals surface area contributed by atoms with Gasteiger partial charge in [0.05, 0.1) is 0 Å². The Morgan fingerprint density at radius 2 is 2.21 bits per heavy atom. The molecule has 76 valence electrons. The van der Waals surface area contributed by atoms with Gasteiger partial charge in [-0.25, -0.2) is 4.39 Å². The molecule has 0 aliphatic rings. The molecule has 0 heterocycles. The van der Waals surface area contributed by atoms with E-state index in [1.54, 1.807) is 12.1 Å². The lowest BCUT2D eigenvalue weighted by atomic mass is 10.1. The molecule has 0 aliphatic carbocycles. The maximum absolute atomic E-state index is 13.3. The van der Waals surface area contributed by atoms with E-state index < -0.39 is 0 Å². The van der Waals surface area contributed by atoms with Crippen LogP contribution in [0.1, 0.15) is 19.4 Å². The van der Waals surface area contributed by atoms with Crippen molar-refractivity contribution in [3.05, 3.63) is 29.6 Å². The highest BCUT2D eigenvalue weighted by Gasteiger charge is 2.05. The number of carbonyl (C=O) groups excluding carboxylic acids is 1. The molecule has 2 nitrogen and oxygen atoms in total. The van der Waals surface area contributed by atoms with Gasteiger partial charge in [0.1, 0.15) is 11.6 Å². The summed E-state index contributed by atoms with van der Waals surface area (Å²) in [5, 5.41) is 3.00. The van der Waals surface area contributed by atoms with Gasteiger partial charge >= 0.3 is 0 Å². The average molecular weight is 195 g/mol. The molecule has 3 heteroatoms. The molecule has 0 atom stereocenters. The zero-order valence-corrected chi connectivity index (χ0v) is 8.43. The fourth-order valence-corrected chi connectivity index (χ4v) is 1.27. The minimum atomic E-state index is -0.321. The molecule has 1 N–H and O–H groups in total. The van der Waals surface area contributed by atoms with E-state index in [0.29, 0.717) is 5.56 Å². The maximum Gasteiger partial charge on any atom is 0.134 e. The monoisotopic (exact) mass is 195 g/mol. The van der Waals surface area contributed by atoms with Crippen molar-refractivity contribution in [3.63, 3.8) is 0 Å². The molecule has 0 saturated heterocycles. The molecule has 1 rings (SSSR count). The first-order valence-corrected chi connectivity index (χ1v) is 4.65. The summed E-state index contributed by atoms with van der Waals surface area (Å²) in [4.78, 5) is 10.8. The van der Waals surface area contributed by atoms with E-state index in [1.807, 2.05) is 6.92 Å². The molecular weight excluding hydrogens is 181 g/mol. The third-order valence-corrected chi connectivity index (χ3v) is 1.87. The van der Waals surface area contributed by atoms with Crippen LogP contribution in [0, 0.1) is 5.82 Å². The predicted octanol–water partition coefficient (Wildman–Crippen LogP) is 2.39. The van der Waals surface area contributed by atoms with Gasteiger partial charge < -0.3 is 5.32 Å². The van der Waals surface area contributed by atoms with Gasteiger partial charge in [-0.2, -0.15) is 0 Å². The van der Waals surface area contributed by atoms with Crippen LogP contribution in [0.15, 0.2) is 18.2 Å². The molecule has 1 aromatic carbocycles. The fraction of sp³-hybridized carbons (Fsp3) is 0.364. The zero-order chi connectivity index (χ0) is 10.6. The summed E-state index contributed by atoms with van der Waals surface area (Å²) >= 11 is 0. The van der Waals surface area contributed by atoms with E-state index in [0.717, 1.165) is 12.2 Å². The van der Waals surface area contributed by atoms with E-state index in [9.17, 15) is 9.18 Å². The highest BCUT2D eigenvalue weighted by Crippen LogP contribution is 2.14. The fourth-order valence-electron chi connectivity index (χ4n) is 1.27. The number of halogens is 1. The molecule has 0 saturated carbocycles. The van der Waals surface area contributed by atoms with Gasteiger partial charge in [-0.3, -0.25) is 4.79 Å². The third-order valence-electron chi connectivity index (χ3n) is 1.87. The second-order valence-corrected chi connectivity index (χ2v) is 3.22. The minimum absolute atomic E-state index is 0.0277. The summed E-state index contributed by atoms with van der Waals surface area (Å²) in [5.41, 5.74) is 1.21. The van der Waals surface area contributed by atoms with E-state index >= 15 is 0 Å². The lowest BCUT2D eigenvalue weighted by Crippen LogP contribution is -2.02. The number of ketones is 1. The summed E-state index contributed by atoms with van der Waals surface area (Å²) in [6.07, 6.45) is 0.165. The Labute approximate surface area is 83.1 Å². The number of rotatable bonds is 4. The van der Waals surface area contributed by atoms with Crippen molar-refractivity contribution in [2.75, 3.05) is 11.9 Å². The van der Waals surface area contributed by atoms with E-state index in [4.69, 9.17) is 0 Å². The summed E-state index contributed by atoms with van der Waals surface area (Å²) in [6.45, 7) is 4.16. The van der Waals surface area contributed by atoms with Crippen molar-refractivity contribution < 1.29 is 9.18 Å². The Morgan fingerprint density at radius 3 is 2.71 bits per heavy atom. The van der Waals surface area contributed by atoms with Gasteiger partial charge in [-0.1, -0.05) is 6.07 Å². The lowest BCUT2D eigenvalue weighted by Gasteiger charge is -2.05. The molecule has 0 amide bonds. The normalized spacial score (nSPS) is 9.93. The highest BCUT2D eigenvalue weighted by molar-refractivity contribution is 5.78. The summed E-state index contributed by atoms with van der Waals surface area (Å²) in [5.74, 6) is -0.348. The number of carbonyl (C=O) groups is 1. The second kappa shape index (κ2) is 4.74. The van der Waals surface area contributed by atoms with Gasteiger partial charge in [0.15, 0.2) is 0 Å². The van der Waals surface area contributed by atoms with Crippen LogP contribution in [0.3, 0.4) is 0 Å². The molecule has 0 radical (unpaired) electrons. The van der Waals surface area contributed by atoms with Crippen molar-refractivity contribution in [1.29, 1.82) is 0 Å². The molecule has 0 unspecified atom stereocenters. The largest absolute Gasteiger partial charge is 0.385 e. The first-order valence-electron chi connectivity index (χ1n) is 4.65. The molecule has 0 spiro atoms. The third kappa shape index (κ3) is 2.83. The second-order valence-electron chi connectivity index (χ2n) is 3.22. The van der Waals surface area contributed by atoms with Gasteiger partial charge in [0.2, 0.25) is 0 Å². The zero-order valence-electron chi connectivity index (χ0n) is 8.43. The smallest absolute Gasteiger partial charge is 0.134 e. The summed E-state index contributed by atoms with van der Waals surface area (Å²) < 4.78 is 13.3. The van der Waals surface area contributed by atoms with Gasteiger partial charge in [-0.05, 0) is 31.5 Å². The Morgan fingerprint density at radius 1 is 1.50 bits per heavy atom. The number of nitrogens with one attached hydrogen (secondary N) is 1. The molecule has 0 fully saturated rings. The van der Waals surface area contributed by atoms with Crippen LogP contribution in [-0.4, -0.2) is 12.3 Å². The van der Waals surface area contributed by atoms with Crippen LogP contribution in [0.5, 0.6) is 0 Å². The Bertz CT molecular complexity index is 336. The Hall–Kier alpha value is -1.38. The Balaban J connectivity index is 2.84. The van der Waals surface area contributed by atoms with E-state index in [2.05, 4.69) is 5.32 Å². The van der Waals surface area contributed by atoms with Crippen molar-refractivity contribution in [3.8, 4) is 0 Å². The first-order chi connectivity index (χ1) is 6.63. The van der Waals surface area contributed by atoms with E-state index in [1.165, 1.54) is 13.0 Å². The van der Waals surface area contributed by atoms with Crippen LogP contribution in [0.2, 0.25) is 0 Å². The average Bonchev–Trinajstić information content (AvgIpc) is 2.10. The number of Topliss-reactive ketones (excluding diaryl/α,β-unsaturated/α-hetero) is 1. The Kier molecular flexibility index (Phi) is 3.63. The number of hydrogen-bond acceptors (Lipinski definition) is 2. The molecule has 1 aromatic rings. The van der Waals surface area contributed by atoms with Crippen molar-refractivity contribution in [2.24, 2.45) is 0 Å². The van der Waals surface area contributed by atoms with E-state index in [-0.39, 0.29) is 18.0 Å². The predicted molar refractivity (Wildman–Crippen MR) is 54.9 cm³/mol. The van der Waals surface area contributed by atoms with Crippen LogP contribution < -0.4 is 5.32 Å². The number of anilines is 1. The number of benzene rings is 1. The highest BCUT2D eigenvalue weighted by atomic mass is 19.1. The topological polar surface area (TPSA) is 29.1 Å². The molecular formula is C11H14FNO. The van der Waals surface area contributed by atoms with Gasteiger partial charge in [0, 0.05) is 18.7 Å². The van der Waals surface area contributed by atoms with Crippen molar-refractivity contribution in [1.82, 2.24) is 0 Å². The first kappa shape index (κ1) is 10.7. The summed E-state index contributed by atoms with van der Waals surface area (Å²) in [7, 11) is 0. The SMILES string of the molecule is CCNc1ccc(CC(C)=O)c(F)c1. The molecule has 14 heavy (non-hydrogen) atoms. The number of hydrogen-bond donors (Lipinski definition) is 1. The molecule has 0 aromatic heterocycles. The van der Waals surface area contributed by atoms with Crippen molar-refractivity contribution >= 4 is 11.5 Å². The standard InChI is InChI=1S/C11H14FNO/c1-3-13-10-5-4-9(6-8(2)14)11(12)7-10/h4-5,7,13H,3,6H2,1-2H3. The van der Waals surface area contributed by atoms with Crippen LogP contribution in [0.4, 0.5) is 10.1 Å². The van der Waals surface area contributed by atoms with Gasteiger partial charge in [0.25, 0.3) is 0 Å². The van der Waals surface area contributed by atoms with Crippen LogP contribution in [-0.2, 0) is 11.2 Å². The van der Waals surface area contributed by atoms with Gasteiger partial charge in [-0.15, -0.1) is 0 Å². The molecule has 0 bridgehead atoms. The minimum Gasteiger partial charge on any atom is -0.385 e. The van der Waals surface area contributed by atoms with Crippen LogP contribution >= 0.6 is 0 Å². The van der Waals surface area contributed by atoms with Crippen molar-refractivity contribution in [2.45, 2.75) is 20.3 Å². The van der Waals surface area contributed by atoms with Crippen LogP contribution in [0.25, 0.3) is 0 Å². The maximum atomic E-state index is 13.3. The quantitative estimate of drug-likeness (QED) is 0.799. The summed E-state index contributed by atoms with van der Waals surface area (Å²) in [6, 6.07) is 4.85. The lowest BCUT2D eigenvalue weighted by molar-refractivity contribution is -0.116. The molecule has 0 aliphatic heterocycles.